The molecule has 3 nitrogen and oxygen atoms in total. The van der Waals surface area contributed by atoms with E-state index in [0.29, 0.717) is 6.04 Å². The molecule has 4 heteroatoms. The molecule has 0 amide bonds. The Kier molecular flexibility index (Phi) is 3.81. The number of thiazole rings is 1. The highest BCUT2D eigenvalue weighted by Gasteiger charge is 2.28. The fraction of sp³-hybridized carbons (Fsp3) is 0.800. The van der Waals surface area contributed by atoms with Gasteiger partial charge in [-0.1, -0.05) is 25.2 Å². The summed E-state index contributed by atoms with van der Waals surface area (Å²) in [6.07, 6.45) is 5.01. The second-order valence-corrected chi connectivity index (χ2v) is 7.24. The van der Waals surface area contributed by atoms with E-state index in [0.717, 1.165) is 11.8 Å². The fourth-order valence-corrected chi connectivity index (χ4v) is 4.54. The smallest absolute Gasteiger partial charge is 0.185 e. The van der Waals surface area contributed by atoms with Crippen LogP contribution in [0.25, 0.3) is 0 Å². The van der Waals surface area contributed by atoms with Gasteiger partial charge in [0.1, 0.15) is 0 Å². The van der Waals surface area contributed by atoms with Gasteiger partial charge in [-0.25, -0.2) is 4.98 Å². The van der Waals surface area contributed by atoms with Gasteiger partial charge in [-0.2, -0.15) is 0 Å². The SMILES string of the molecule is CNC1CCCc2nc(N3CCC(C)C(C)C3)sc21. The van der Waals surface area contributed by atoms with Crippen molar-refractivity contribution in [2.75, 3.05) is 25.0 Å². The summed E-state index contributed by atoms with van der Waals surface area (Å²) < 4.78 is 0. The lowest BCUT2D eigenvalue weighted by Crippen LogP contribution is -2.38. The molecule has 3 unspecified atom stereocenters. The molecule has 19 heavy (non-hydrogen) atoms. The molecule has 1 saturated heterocycles. The molecular formula is C15H25N3S. The highest BCUT2D eigenvalue weighted by Crippen LogP contribution is 2.38. The highest BCUT2D eigenvalue weighted by molar-refractivity contribution is 7.15. The topological polar surface area (TPSA) is 28.2 Å². The van der Waals surface area contributed by atoms with Gasteiger partial charge in [-0.3, -0.25) is 0 Å². The summed E-state index contributed by atoms with van der Waals surface area (Å²) >= 11 is 1.93. The lowest BCUT2D eigenvalue weighted by atomic mass is 9.89. The van der Waals surface area contributed by atoms with Crippen LogP contribution in [0.15, 0.2) is 0 Å². The van der Waals surface area contributed by atoms with E-state index in [-0.39, 0.29) is 0 Å². The monoisotopic (exact) mass is 279 g/mol. The van der Waals surface area contributed by atoms with E-state index in [1.54, 1.807) is 0 Å². The molecule has 2 aliphatic rings. The lowest BCUT2D eigenvalue weighted by Gasteiger charge is -2.35. The summed E-state index contributed by atoms with van der Waals surface area (Å²) in [5, 5.41) is 4.71. The summed E-state index contributed by atoms with van der Waals surface area (Å²) in [4.78, 5) is 8.95. The maximum absolute atomic E-state index is 4.94. The highest BCUT2D eigenvalue weighted by atomic mass is 32.1. The molecule has 1 aromatic rings. The molecule has 3 rings (SSSR count). The molecule has 1 aromatic heterocycles. The standard InChI is InChI=1S/C15H25N3S/c1-10-7-8-18(9-11(10)2)15-17-13-6-4-5-12(16-3)14(13)19-15/h10-12,16H,4-9H2,1-3H3. The lowest BCUT2D eigenvalue weighted by molar-refractivity contribution is 0.323. The third-order valence-corrected chi connectivity index (χ3v) is 6.16. The van der Waals surface area contributed by atoms with E-state index in [1.807, 2.05) is 11.3 Å². The maximum atomic E-state index is 4.94. The van der Waals surface area contributed by atoms with Crippen LogP contribution in [0.4, 0.5) is 5.13 Å². The van der Waals surface area contributed by atoms with Crippen molar-refractivity contribution in [3.05, 3.63) is 10.6 Å². The summed E-state index contributed by atoms with van der Waals surface area (Å²) in [6.45, 7) is 7.12. The average molecular weight is 279 g/mol. The number of rotatable bonds is 2. The van der Waals surface area contributed by atoms with Gasteiger partial charge in [0.15, 0.2) is 5.13 Å². The molecule has 0 radical (unpaired) electrons. The number of nitrogens with zero attached hydrogens (tertiary/aromatic N) is 2. The van der Waals surface area contributed by atoms with Crippen molar-refractivity contribution in [3.63, 3.8) is 0 Å². The van der Waals surface area contributed by atoms with Crippen LogP contribution in [-0.4, -0.2) is 25.1 Å². The molecule has 1 N–H and O–H groups in total. The Morgan fingerprint density at radius 3 is 2.84 bits per heavy atom. The molecule has 1 fully saturated rings. The molecule has 1 aliphatic carbocycles. The quantitative estimate of drug-likeness (QED) is 0.901. The first-order valence-electron chi connectivity index (χ1n) is 7.61. The van der Waals surface area contributed by atoms with Gasteiger partial charge in [-0.05, 0) is 44.6 Å². The third kappa shape index (κ3) is 2.52. The molecule has 2 heterocycles. The summed E-state index contributed by atoms with van der Waals surface area (Å²) in [5.74, 6) is 1.64. The van der Waals surface area contributed by atoms with Crippen LogP contribution in [0.3, 0.4) is 0 Å². The van der Waals surface area contributed by atoms with Gasteiger partial charge in [0, 0.05) is 24.0 Å². The van der Waals surface area contributed by atoms with Gasteiger partial charge in [-0.15, -0.1) is 0 Å². The Morgan fingerprint density at radius 1 is 1.26 bits per heavy atom. The number of hydrogen-bond acceptors (Lipinski definition) is 4. The predicted molar refractivity (Wildman–Crippen MR) is 82.0 cm³/mol. The minimum atomic E-state index is 0.538. The second kappa shape index (κ2) is 5.41. The minimum Gasteiger partial charge on any atom is -0.348 e. The molecule has 3 atom stereocenters. The Bertz CT molecular complexity index is 443. The van der Waals surface area contributed by atoms with Gasteiger partial charge < -0.3 is 10.2 Å². The zero-order valence-corrected chi connectivity index (χ0v) is 13.1. The minimum absolute atomic E-state index is 0.538. The van der Waals surface area contributed by atoms with Crippen LogP contribution in [-0.2, 0) is 6.42 Å². The second-order valence-electron chi connectivity index (χ2n) is 6.23. The number of aryl methyl sites for hydroxylation is 1. The fourth-order valence-electron chi connectivity index (χ4n) is 3.25. The Morgan fingerprint density at radius 2 is 2.11 bits per heavy atom. The van der Waals surface area contributed by atoms with Crippen LogP contribution < -0.4 is 10.2 Å². The Hall–Kier alpha value is -0.610. The summed E-state index contributed by atoms with van der Waals surface area (Å²) in [5.41, 5.74) is 1.36. The van der Waals surface area contributed by atoms with Crippen molar-refractivity contribution in [2.45, 2.75) is 45.6 Å². The first-order chi connectivity index (χ1) is 9.19. The molecular weight excluding hydrogens is 254 g/mol. The Labute approximate surface area is 120 Å². The summed E-state index contributed by atoms with van der Waals surface area (Å²) in [6, 6.07) is 0.538. The van der Waals surface area contributed by atoms with Crippen molar-refractivity contribution in [1.29, 1.82) is 0 Å². The number of aromatic nitrogens is 1. The van der Waals surface area contributed by atoms with Gasteiger partial charge in [0.2, 0.25) is 0 Å². The predicted octanol–water partition coefficient (Wildman–Crippen LogP) is 3.22. The number of piperidine rings is 1. The number of hydrogen-bond donors (Lipinski definition) is 1. The molecule has 106 valence electrons. The van der Waals surface area contributed by atoms with Crippen LogP contribution in [0.1, 0.15) is 49.7 Å². The van der Waals surface area contributed by atoms with Crippen LogP contribution >= 0.6 is 11.3 Å². The van der Waals surface area contributed by atoms with E-state index < -0.39 is 0 Å². The van der Waals surface area contributed by atoms with Gasteiger partial charge >= 0.3 is 0 Å². The number of fused-ring (bicyclic) bond motifs is 1. The van der Waals surface area contributed by atoms with Crippen LogP contribution in [0.2, 0.25) is 0 Å². The van der Waals surface area contributed by atoms with Crippen LogP contribution in [0, 0.1) is 11.8 Å². The average Bonchev–Trinajstić information content (AvgIpc) is 2.85. The Balaban J connectivity index is 1.81. The first kappa shape index (κ1) is 13.4. The van der Waals surface area contributed by atoms with E-state index in [4.69, 9.17) is 4.98 Å². The maximum Gasteiger partial charge on any atom is 0.185 e. The molecule has 0 spiro atoms. The van der Waals surface area contributed by atoms with Gasteiger partial charge in [0.05, 0.1) is 5.69 Å². The first-order valence-corrected chi connectivity index (χ1v) is 8.42. The zero-order valence-electron chi connectivity index (χ0n) is 12.3. The third-order valence-electron chi connectivity index (χ3n) is 4.89. The van der Waals surface area contributed by atoms with Gasteiger partial charge in [0.25, 0.3) is 0 Å². The van der Waals surface area contributed by atoms with Crippen molar-refractivity contribution in [1.82, 2.24) is 10.3 Å². The van der Waals surface area contributed by atoms with Crippen molar-refractivity contribution < 1.29 is 0 Å². The number of anilines is 1. The zero-order chi connectivity index (χ0) is 13.4. The largest absolute Gasteiger partial charge is 0.348 e. The number of nitrogens with one attached hydrogen (secondary N) is 1. The summed E-state index contributed by atoms with van der Waals surface area (Å²) in [7, 11) is 2.07. The van der Waals surface area contributed by atoms with E-state index in [1.165, 1.54) is 54.5 Å². The van der Waals surface area contributed by atoms with Crippen LogP contribution in [0.5, 0.6) is 0 Å². The normalized spacial score (nSPS) is 31.3. The molecule has 0 saturated carbocycles. The van der Waals surface area contributed by atoms with Crippen molar-refractivity contribution in [3.8, 4) is 0 Å². The molecule has 1 aliphatic heterocycles. The molecule has 0 aromatic carbocycles. The van der Waals surface area contributed by atoms with E-state index in [2.05, 4.69) is 31.1 Å². The molecule has 0 bridgehead atoms. The van der Waals surface area contributed by atoms with Crippen molar-refractivity contribution in [2.24, 2.45) is 11.8 Å². The van der Waals surface area contributed by atoms with E-state index >= 15 is 0 Å². The van der Waals surface area contributed by atoms with E-state index in [9.17, 15) is 0 Å². The van der Waals surface area contributed by atoms with Crippen molar-refractivity contribution >= 4 is 16.5 Å².